The molecule has 0 amide bonds. The number of hydrogen-bond donors (Lipinski definition) is 0. The monoisotopic (exact) mass is 309 g/mol. The molecule has 0 unspecified atom stereocenters. The molecule has 1 saturated heterocycles. The largest absolute Gasteiger partial charge is 0.465 e. The lowest BCUT2D eigenvalue weighted by atomic mass is 10.1. The van der Waals surface area contributed by atoms with Crippen LogP contribution in [0.4, 0.5) is 0 Å². The summed E-state index contributed by atoms with van der Waals surface area (Å²) in [5.41, 5.74) is 2.70. The fourth-order valence-electron chi connectivity index (χ4n) is 2.62. The third-order valence-electron chi connectivity index (χ3n) is 4.00. The lowest BCUT2D eigenvalue weighted by Crippen LogP contribution is -2.43. The highest BCUT2D eigenvalue weighted by Crippen LogP contribution is 2.10. The molecule has 3 rings (SSSR count). The lowest BCUT2D eigenvalue weighted by Gasteiger charge is -2.33. The fourth-order valence-corrected chi connectivity index (χ4v) is 2.62. The average Bonchev–Trinajstić information content (AvgIpc) is 3.09. The Labute approximate surface area is 137 Å². The van der Waals surface area contributed by atoms with Crippen LogP contribution in [0.3, 0.4) is 0 Å². The van der Waals surface area contributed by atoms with Gasteiger partial charge in [0.2, 0.25) is 0 Å². The van der Waals surface area contributed by atoms with Gasteiger partial charge < -0.3 is 4.42 Å². The van der Waals surface area contributed by atoms with Crippen molar-refractivity contribution >= 4 is 12.3 Å². The van der Waals surface area contributed by atoms with E-state index in [1.807, 2.05) is 30.5 Å². The van der Waals surface area contributed by atoms with Crippen molar-refractivity contribution in [1.29, 1.82) is 0 Å². The maximum Gasteiger partial charge on any atom is 0.126 e. The summed E-state index contributed by atoms with van der Waals surface area (Å²) in [6.07, 6.45) is 7.33. The molecule has 0 N–H and O–H groups in total. The molecule has 1 aliphatic rings. The van der Waals surface area contributed by atoms with Gasteiger partial charge in [-0.05, 0) is 36.8 Å². The predicted octanol–water partition coefficient (Wildman–Crippen LogP) is 3.40. The fraction of sp³-hybridized carbons (Fsp3) is 0.316. The Morgan fingerprint density at radius 3 is 2.57 bits per heavy atom. The summed E-state index contributed by atoms with van der Waals surface area (Å²) in [6, 6.07) is 12.6. The molecule has 0 aliphatic carbocycles. The van der Waals surface area contributed by atoms with Crippen molar-refractivity contribution in [2.45, 2.75) is 13.5 Å². The minimum Gasteiger partial charge on any atom is -0.465 e. The highest BCUT2D eigenvalue weighted by atomic mass is 16.3. The Morgan fingerprint density at radius 1 is 1.09 bits per heavy atom. The van der Waals surface area contributed by atoms with Gasteiger partial charge in [-0.1, -0.05) is 29.8 Å². The van der Waals surface area contributed by atoms with Gasteiger partial charge in [-0.25, -0.2) is 0 Å². The van der Waals surface area contributed by atoms with Crippen LogP contribution in [0.25, 0.3) is 6.08 Å². The summed E-state index contributed by atoms with van der Waals surface area (Å²) in [4.78, 5) is 2.48. The number of nitrogens with zero attached hydrogens (tertiary/aromatic N) is 3. The molecule has 1 fully saturated rings. The Hall–Kier alpha value is -2.33. The van der Waals surface area contributed by atoms with Gasteiger partial charge in [-0.15, -0.1) is 0 Å². The molecular weight excluding hydrogens is 286 g/mol. The summed E-state index contributed by atoms with van der Waals surface area (Å²) in [6.45, 7) is 7.19. The van der Waals surface area contributed by atoms with E-state index in [0.29, 0.717) is 0 Å². The highest BCUT2D eigenvalue weighted by Gasteiger charge is 2.14. The van der Waals surface area contributed by atoms with E-state index in [9.17, 15) is 0 Å². The molecule has 1 aromatic heterocycles. The summed E-state index contributed by atoms with van der Waals surface area (Å²) in [7, 11) is 0. The second-order valence-electron chi connectivity index (χ2n) is 5.85. The summed E-state index contributed by atoms with van der Waals surface area (Å²) in [5.74, 6) is 0.847. The summed E-state index contributed by atoms with van der Waals surface area (Å²) >= 11 is 0. The molecule has 23 heavy (non-hydrogen) atoms. The number of rotatable bonds is 5. The predicted molar refractivity (Wildman–Crippen MR) is 94.3 cm³/mol. The molecule has 2 heterocycles. The van der Waals surface area contributed by atoms with E-state index < -0.39 is 0 Å². The second kappa shape index (κ2) is 7.79. The smallest absolute Gasteiger partial charge is 0.126 e. The first-order valence-electron chi connectivity index (χ1n) is 8.06. The number of benzene rings is 1. The standard InChI is InChI=1S/C19H23N3O/c1-17-6-8-18(9-7-17)16-21-11-13-22(14-12-21)20-10-2-4-19-5-3-15-23-19/h2-10,15H,11-14,16H2,1H3/b4-2+,20-10+. The van der Waals surface area contributed by atoms with Gasteiger partial charge >= 0.3 is 0 Å². The zero-order valence-electron chi connectivity index (χ0n) is 13.6. The van der Waals surface area contributed by atoms with Crippen LogP contribution in [0.1, 0.15) is 16.9 Å². The maximum atomic E-state index is 5.23. The molecule has 1 aliphatic heterocycles. The Morgan fingerprint density at radius 2 is 1.87 bits per heavy atom. The van der Waals surface area contributed by atoms with Crippen molar-refractivity contribution in [3.8, 4) is 0 Å². The van der Waals surface area contributed by atoms with Gasteiger partial charge in [0.1, 0.15) is 5.76 Å². The van der Waals surface area contributed by atoms with Gasteiger partial charge in [-0.3, -0.25) is 9.91 Å². The van der Waals surface area contributed by atoms with E-state index >= 15 is 0 Å². The van der Waals surface area contributed by atoms with Crippen molar-refractivity contribution in [3.63, 3.8) is 0 Å². The first-order chi connectivity index (χ1) is 11.3. The van der Waals surface area contributed by atoms with Crippen LogP contribution in [0.5, 0.6) is 0 Å². The summed E-state index contributed by atoms with van der Waals surface area (Å²) < 4.78 is 5.23. The van der Waals surface area contributed by atoms with Crippen molar-refractivity contribution in [2.24, 2.45) is 5.10 Å². The molecule has 4 heteroatoms. The molecule has 0 saturated carbocycles. The quantitative estimate of drug-likeness (QED) is 0.793. The first-order valence-corrected chi connectivity index (χ1v) is 8.06. The molecule has 0 bridgehead atoms. The van der Waals surface area contributed by atoms with Crippen LogP contribution < -0.4 is 0 Å². The van der Waals surface area contributed by atoms with Crippen LogP contribution in [-0.2, 0) is 6.54 Å². The van der Waals surface area contributed by atoms with Crippen molar-refractivity contribution in [2.75, 3.05) is 26.2 Å². The number of piperazine rings is 1. The van der Waals surface area contributed by atoms with Gasteiger partial charge in [0.25, 0.3) is 0 Å². The number of hydrogen-bond acceptors (Lipinski definition) is 4. The van der Waals surface area contributed by atoms with Crippen LogP contribution in [0.15, 0.2) is 58.3 Å². The minimum absolute atomic E-state index is 0.847. The number of furan rings is 1. The van der Waals surface area contributed by atoms with E-state index in [2.05, 4.69) is 46.2 Å². The normalized spacial score (nSPS) is 16.7. The zero-order valence-corrected chi connectivity index (χ0v) is 13.6. The molecule has 0 radical (unpaired) electrons. The van der Waals surface area contributed by atoms with Gasteiger partial charge in [0.15, 0.2) is 0 Å². The van der Waals surface area contributed by atoms with E-state index in [-0.39, 0.29) is 0 Å². The molecule has 120 valence electrons. The Balaban J connectivity index is 1.42. The highest BCUT2D eigenvalue weighted by molar-refractivity contribution is 5.77. The maximum absolute atomic E-state index is 5.23. The molecule has 4 nitrogen and oxygen atoms in total. The number of hydrazone groups is 1. The summed E-state index contributed by atoms with van der Waals surface area (Å²) in [5, 5.41) is 6.61. The van der Waals surface area contributed by atoms with E-state index in [1.165, 1.54) is 11.1 Å². The van der Waals surface area contributed by atoms with Crippen molar-refractivity contribution < 1.29 is 4.42 Å². The molecule has 0 spiro atoms. The SMILES string of the molecule is Cc1ccc(CN2CCN(/N=C/C=C/c3ccco3)CC2)cc1. The Bertz CT molecular complexity index is 636. The second-order valence-corrected chi connectivity index (χ2v) is 5.85. The third-order valence-corrected chi connectivity index (χ3v) is 4.00. The van der Waals surface area contributed by atoms with Gasteiger partial charge in [-0.2, -0.15) is 5.10 Å². The van der Waals surface area contributed by atoms with E-state index in [4.69, 9.17) is 4.42 Å². The molecule has 1 aromatic carbocycles. The van der Waals surface area contributed by atoms with Crippen LogP contribution in [0, 0.1) is 6.92 Å². The molecule has 0 atom stereocenters. The van der Waals surface area contributed by atoms with Gasteiger partial charge in [0.05, 0.1) is 6.26 Å². The van der Waals surface area contributed by atoms with Crippen LogP contribution in [0.2, 0.25) is 0 Å². The van der Waals surface area contributed by atoms with Crippen molar-refractivity contribution in [3.05, 3.63) is 65.6 Å². The van der Waals surface area contributed by atoms with Gasteiger partial charge in [0, 0.05) is 38.9 Å². The topological polar surface area (TPSA) is 32.0 Å². The van der Waals surface area contributed by atoms with E-state index in [0.717, 1.165) is 38.5 Å². The third kappa shape index (κ3) is 4.83. The number of allylic oxidation sites excluding steroid dienone is 1. The number of aryl methyl sites for hydroxylation is 1. The lowest BCUT2D eigenvalue weighted by molar-refractivity contribution is 0.131. The zero-order chi connectivity index (χ0) is 15.9. The molecular formula is C19H23N3O. The molecule has 2 aromatic rings. The minimum atomic E-state index is 0.847. The first kappa shape index (κ1) is 15.6. The average molecular weight is 309 g/mol. The van der Waals surface area contributed by atoms with Crippen molar-refractivity contribution in [1.82, 2.24) is 9.91 Å². The van der Waals surface area contributed by atoms with E-state index in [1.54, 1.807) is 6.26 Å². The van der Waals surface area contributed by atoms with Crippen LogP contribution in [-0.4, -0.2) is 42.3 Å². The van der Waals surface area contributed by atoms with Crippen LogP contribution >= 0.6 is 0 Å². The Kier molecular flexibility index (Phi) is 5.27.